The normalized spacial score (nSPS) is 11.6. The van der Waals surface area contributed by atoms with E-state index in [2.05, 4.69) is 15.1 Å². The molecule has 0 aliphatic rings. The van der Waals surface area contributed by atoms with Gasteiger partial charge in [-0.3, -0.25) is 0 Å². The molecule has 6 heteroatoms. The monoisotopic (exact) mass is 309 g/mol. The SMILES string of the molecule is Cc1noc(-c2c[nH]cc2/C=C(/Cc2ccccc2)C(=O)O)n1. The van der Waals surface area contributed by atoms with Gasteiger partial charge in [0, 0.05) is 30.0 Å². The highest BCUT2D eigenvalue weighted by Gasteiger charge is 2.14. The maximum atomic E-state index is 11.6. The molecule has 0 saturated carbocycles. The van der Waals surface area contributed by atoms with Crippen molar-refractivity contribution in [2.75, 3.05) is 0 Å². The number of nitrogens with one attached hydrogen (secondary N) is 1. The maximum absolute atomic E-state index is 11.6. The molecule has 0 spiro atoms. The van der Waals surface area contributed by atoms with Gasteiger partial charge in [-0.15, -0.1) is 0 Å². The minimum atomic E-state index is -0.956. The van der Waals surface area contributed by atoms with Crippen LogP contribution in [0.1, 0.15) is 17.0 Å². The lowest BCUT2D eigenvalue weighted by Gasteiger charge is -2.03. The van der Waals surface area contributed by atoms with Crippen LogP contribution in [-0.4, -0.2) is 26.2 Å². The van der Waals surface area contributed by atoms with Gasteiger partial charge in [0.05, 0.1) is 5.56 Å². The van der Waals surface area contributed by atoms with Crippen LogP contribution in [0.5, 0.6) is 0 Å². The molecule has 0 aliphatic carbocycles. The standard InChI is InChI=1S/C17H15N3O3/c1-11-19-16(23-20-11)15-10-18-9-14(15)8-13(17(21)22)7-12-5-3-2-4-6-12/h2-6,8-10,18H,7H2,1H3,(H,21,22)/b13-8-. The quantitative estimate of drug-likeness (QED) is 0.707. The number of carbonyl (C=O) groups is 1. The van der Waals surface area contributed by atoms with Crippen LogP contribution in [0.25, 0.3) is 17.5 Å². The Morgan fingerprint density at radius 2 is 2.09 bits per heavy atom. The molecule has 23 heavy (non-hydrogen) atoms. The average Bonchev–Trinajstić information content (AvgIpc) is 3.16. The number of benzene rings is 1. The number of aromatic nitrogens is 3. The van der Waals surface area contributed by atoms with Crippen molar-refractivity contribution >= 4 is 12.0 Å². The highest BCUT2D eigenvalue weighted by atomic mass is 16.5. The van der Waals surface area contributed by atoms with Crippen LogP contribution in [0, 0.1) is 6.92 Å². The molecule has 0 radical (unpaired) electrons. The molecule has 2 N–H and O–H groups in total. The lowest BCUT2D eigenvalue weighted by molar-refractivity contribution is -0.132. The largest absolute Gasteiger partial charge is 0.478 e. The van der Waals surface area contributed by atoms with Crippen LogP contribution in [0.3, 0.4) is 0 Å². The highest BCUT2D eigenvalue weighted by molar-refractivity contribution is 5.93. The van der Waals surface area contributed by atoms with Gasteiger partial charge in [-0.1, -0.05) is 35.5 Å². The summed E-state index contributed by atoms with van der Waals surface area (Å²) in [6.45, 7) is 1.73. The van der Waals surface area contributed by atoms with Crippen molar-refractivity contribution in [3.05, 3.63) is 65.2 Å². The molecule has 6 nitrogen and oxygen atoms in total. The second-order valence-corrected chi connectivity index (χ2v) is 5.11. The molecule has 0 aliphatic heterocycles. The predicted octanol–water partition coefficient (Wildman–Crippen LogP) is 3.08. The minimum Gasteiger partial charge on any atom is -0.478 e. The van der Waals surface area contributed by atoms with Gasteiger partial charge in [0.1, 0.15) is 0 Å². The molecule has 3 aromatic rings. The van der Waals surface area contributed by atoms with Crippen molar-refractivity contribution in [1.82, 2.24) is 15.1 Å². The van der Waals surface area contributed by atoms with Gasteiger partial charge >= 0.3 is 5.97 Å². The van der Waals surface area contributed by atoms with Gasteiger partial charge in [0.25, 0.3) is 5.89 Å². The lowest BCUT2D eigenvalue weighted by atomic mass is 10.0. The highest BCUT2D eigenvalue weighted by Crippen LogP contribution is 2.24. The number of hydrogen-bond acceptors (Lipinski definition) is 4. The molecule has 2 heterocycles. The van der Waals surface area contributed by atoms with Gasteiger partial charge < -0.3 is 14.6 Å². The van der Waals surface area contributed by atoms with Crippen molar-refractivity contribution < 1.29 is 14.4 Å². The summed E-state index contributed by atoms with van der Waals surface area (Å²) in [5, 5.41) is 13.2. The second-order valence-electron chi connectivity index (χ2n) is 5.11. The summed E-state index contributed by atoms with van der Waals surface area (Å²) in [5.41, 5.74) is 2.60. The Morgan fingerprint density at radius 3 is 2.74 bits per heavy atom. The Morgan fingerprint density at radius 1 is 1.30 bits per heavy atom. The summed E-state index contributed by atoms with van der Waals surface area (Å²) < 4.78 is 5.15. The van der Waals surface area contributed by atoms with Crippen molar-refractivity contribution in [1.29, 1.82) is 0 Å². The summed E-state index contributed by atoms with van der Waals surface area (Å²) >= 11 is 0. The van der Waals surface area contributed by atoms with Gasteiger partial charge in [-0.25, -0.2) is 4.79 Å². The molecular weight excluding hydrogens is 294 g/mol. The zero-order valence-corrected chi connectivity index (χ0v) is 12.5. The third-order valence-corrected chi connectivity index (χ3v) is 3.38. The third kappa shape index (κ3) is 3.37. The van der Waals surface area contributed by atoms with Crippen molar-refractivity contribution in [3.8, 4) is 11.5 Å². The van der Waals surface area contributed by atoms with E-state index < -0.39 is 5.97 Å². The molecule has 1 aromatic carbocycles. The molecular formula is C17H15N3O3. The predicted molar refractivity (Wildman–Crippen MR) is 84.6 cm³/mol. The van der Waals surface area contributed by atoms with E-state index in [1.54, 1.807) is 25.4 Å². The van der Waals surface area contributed by atoms with Gasteiger partial charge in [-0.2, -0.15) is 4.98 Å². The number of aryl methyl sites for hydroxylation is 1. The molecule has 0 saturated heterocycles. The Labute approximate surface area is 132 Å². The third-order valence-electron chi connectivity index (χ3n) is 3.38. The summed E-state index contributed by atoms with van der Waals surface area (Å²) in [4.78, 5) is 18.7. The van der Waals surface area contributed by atoms with E-state index in [9.17, 15) is 9.90 Å². The van der Waals surface area contributed by atoms with Crippen molar-refractivity contribution in [2.24, 2.45) is 0 Å². The molecule has 0 unspecified atom stereocenters. The van der Waals surface area contributed by atoms with Crippen LogP contribution in [0.15, 0.2) is 52.8 Å². The van der Waals surface area contributed by atoms with E-state index in [-0.39, 0.29) is 5.57 Å². The first-order valence-electron chi connectivity index (χ1n) is 7.09. The molecule has 116 valence electrons. The van der Waals surface area contributed by atoms with E-state index in [1.165, 1.54) is 0 Å². The molecule has 0 amide bonds. The molecule has 3 rings (SSSR count). The fraction of sp³-hybridized carbons (Fsp3) is 0.118. The van der Waals surface area contributed by atoms with Crippen LogP contribution in [-0.2, 0) is 11.2 Å². The van der Waals surface area contributed by atoms with E-state index in [4.69, 9.17) is 4.52 Å². The Bertz CT molecular complexity index is 847. The number of rotatable bonds is 5. The zero-order chi connectivity index (χ0) is 16.2. The van der Waals surface area contributed by atoms with Gasteiger partial charge in [0.2, 0.25) is 0 Å². The summed E-state index contributed by atoms with van der Waals surface area (Å²) in [6.07, 6.45) is 5.38. The fourth-order valence-corrected chi connectivity index (χ4v) is 2.28. The molecule has 0 atom stereocenters. The van der Waals surface area contributed by atoms with Crippen molar-refractivity contribution in [2.45, 2.75) is 13.3 Å². The van der Waals surface area contributed by atoms with Crippen LogP contribution in [0.2, 0.25) is 0 Å². The number of carboxylic acids is 1. The maximum Gasteiger partial charge on any atom is 0.331 e. The summed E-state index contributed by atoms with van der Waals surface area (Å²) in [6, 6.07) is 9.47. The first-order chi connectivity index (χ1) is 11.1. The van der Waals surface area contributed by atoms with Gasteiger partial charge in [0.15, 0.2) is 5.82 Å². The number of hydrogen-bond donors (Lipinski definition) is 2. The summed E-state index contributed by atoms with van der Waals surface area (Å²) in [7, 11) is 0. The smallest absolute Gasteiger partial charge is 0.331 e. The van der Waals surface area contributed by atoms with E-state index in [1.807, 2.05) is 30.3 Å². The number of nitrogens with zero attached hydrogens (tertiary/aromatic N) is 2. The minimum absolute atomic E-state index is 0.285. The number of carboxylic acid groups (broad SMARTS) is 1. The van der Waals surface area contributed by atoms with Crippen LogP contribution >= 0.6 is 0 Å². The van der Waals surface area contributed by atoms with E-state index in [0.29, 0.717) is 29.3 Å². The van der Waals surface area contributed by atoms with E-state index >= 15 is 0 Å². The topological polar surface area (TPSA) is 92.0 Å². The zero-order valence-electron chi connectivity index (χ0n) is 12.5. The van der Waals surface area contributed by atoms with Crippen LogP contribution in [0.4, 0.5) is 0 Å². The van der Waals surface area contributed by atoms with E-state index in [0.717, 1.165) is 5.56 Å². The fourth-order valence-electron chi connectivity index (χ4n) is 2.28. The first kappa shape index (κ1) is 14.8. The Balaban J connectivity index is 1.95. The average molecular weight is 309 g/mol. The van der Waals surface area contributed by atoms with Crippen LogP contribution < -0.4 is 0 Å². The summed E-state index contributed by atoms with van der Waals surface area (Å²) in [5.74, 6) is -0.0685. The molecule has 0 bridgehead atoms. The molecule has 0 fully saturated rings. The molecule has 2 aromatic heterocycles. The number of aromatic amines is 1. The Hall–Kier alpha value is -3.15. The number of H-pyrrole nitrogens is 1. The lowest BCUT2D eigenvalue weighted by Crippen LogP contribution is -2.03. The number of aliphatic carboxylic acids is 1. The first-order valence-corrected chi connectivity index (χ1v) is 7.09. The van der Waals surface area contributed by atoms with Crippen molar-refractivity contribution in [3.63, 3.8) is 0 Å². The second kappa shape index (κ2) is 6.31. The van der Waals surface area contributed by atoms with Gasteiger partial charge in [-0.05, 0) is 18.6 Å². The Kier molecular flexibility index (Phi) is 4.05.